The molecule has 0 spiro atoms. The normalized spacial score (nSPS) is 10.1. The number of aromatic carboxylic acids is 1. The average molecular weight is 313 g/mol. The molecule has 1 heterocycles. The topological polar surface area (TPSA) is 84.6 Å². The molecule has 0 aliphatic rings. The van der Waals surface area contributed by atoms with Crippen LogP contribution in [0.1, 0.15) is 10.5 Å². The number of nitrogens with one attached hydrogen (secondary N) is 1. The van der Waals surface area contributed by atoms with Gasteiger partial charge in [-0.1, -0.05) is 0 Å². The molecule has 1 aromatic carbocycles. The number of rotatable bonds is 4. The molecule has 0 aliphatic carbocycles. The Morgan fingerprint density at radius 2 is 2.33 bits per heavy atom. The number of hydrogen-bond donors (Lipinski definition) is 2. The Balaban J connectivity index is 2.24. The summed E-state index contributed by atoms with van der Waals surface area (Å²) in [4.78, 5) is 14.4. The average Bonchev–Trinajstić information content (AvgIpc) is 2.81. The lowest BCUT2D eigenvalue weighted by Gasteiger charge is -2.06. The number of halogens is 1. The monoisotopic (exact) mass is 312 g/mol. The van der Waals surface area contributed by atoms with E-state index in [-0.39, 0.29) is 11.7 Å². The number of oxazole rings is 1. The predicted octanol–water partition coefficient (Wildman–Crippen LogP) is 2.89. The van der Waals surface area contributed by atoms with E-state index in [2.05, 4.69) is 26.2 Å². The Labute approximate surface area is 111 Å². The Hall–Kier alpha value is -2.02. The van der Waals surface area contributed by atoms with Crippen molar-refractivity contribution in [1.29, 1.82) is 0 Å². The van der Waals surface area contributed by atoms with Gasteiger partial charge in [0, 0.05) is 10.5 Å². The van der Waals surface area contributed by atoms with Gasteiger partial charge in [0.15, 0.2) is 5.69 Å². The molecule has 0 unspecified atom stereocenters. The van der Waals surface area contributed by atoms with Gasteiger partial charge in [-0.2, -0.15) is 4.98 Å². The van der Waals surface area contributed by atoms with Gasteiger partial charge in [0.2, 0.25) is 0 Å². The molecule has 0 amide bonds. The fourth-order valence-corrected chi connectivity index (χ4v) is 1.62. The van der Waals surface area contributed by atoms with Crippen LogP contribution < -0.4 is 10.1 Å². The molecule has 0 saturated carbocycles. The highest BCUT2D eigenvalue weighted by Gasteiger charge is 2.11. The maximum Gasteiger partial charge on any atom is 0.357 e. The van der Waals surface area contributed by atoms with Gasteiger partial charge < -0.3 is 19.6 Å². The number of carboxylic acid groups (broad SMARTS) is 1. The molecule has 94 valence electrons. The highest BCUT2D eigenvalue weighted by atomic mass is 79.9. The lowest BCUT2D eigenvalue weighted by atomic mass is 10.3. The first kappa shape index (κ1) is 12.4. The molecule has 0 saturated heterocycles. The van der Waals surface area contributed by atoms with Crippen LogP contribution in [-0.2, 0) is 0 Å². The molecule has 18 heavy (non-hydrogen) atoms. The van der Waals surface area contributed by atoms with Crippen LogP contribution in [0.4, 0.5) is 11.7 Å². The molecular weight excluding hydrogens is 304 g/mol. The number of methoxy groups -OCH3 is 1. The smallest absolute Gasteiger partial charge is 0.357 e. The van der Waals surface area contributed by atoms with Crippen molar-refractivity contribution in [2.75, 3.05) is 12.4 Å². The summed E-state index contributed by atoms with van der Waals surface area (Å²) in [6, 6.07) is 5.41. The largest absolute Gasteiger partial charge is 0.497 e. The number of aromatic nitrogens is 1. The van der Waals surface area contributed by atoms with E-state index >= 15 is 0 Å². The van der Waals surface area contributed by atoms with E-state index in [4.69, 9.17) is 14.3 Å². The molecule has 0 fully saturated rings. The van der Waals surface area contributed by atoms with Gasteiger partial charge in [-0.3, -0.25) is 0 Å². The summed E-state index contributed by atoms with van der Waals surface area (Å²) < 4.78 is 10.9. The summed E-state index contributed by atoms with van der Waals surface area (Å²) >= 11 is 3.35. The predicted molar refractivity (Wildman–Crippen MR) is 67.4 cm³/mol. The van der Waals surface area contributed by atoms with Crippen LogP contribution in [0.15, 0.2) is 33.4 Å². The fraction of sp³-hybridized carbons (Fsp3) is 0.0909. The van der Waals surface area contributed by atoms with E-state index in [1.807, 2.05) is 0 Å². The Morgan fingerprint density at radius 3 is 2.94 bits per heavy atom. The number of carbonyl (C=O) groups is 1. The highest BCUT2D eigenvalue weighted by molar-refractivity contribution is 9.10. The number of ether oxygens (including phenoxy) is 1. The Bertz CT molecular complexity index is 582. The van der Waals surface area contributed by atoms with Crippen molar-refractivity contribution < 1.29 is 19.1 Å². The van der Waals surface area contributed by atoms with Gasteiger partial charge in [-0.05, 0) is 28.1 Å². The van der Waals surface area contributed by atoms with Crippen LogP contribution in [-0.4, -0.2) is 23.2 Å². The molecule has 0 atom stereocenters. The number of anilines is 2. The van der Waals surface area contributed by atoms with E-state index in [1.165, 1.54) is 0 Å². The summed E-state index contributed by atoms with van der Waals surface area (Å²) in [6.07, 6.45) is 1.07. The first-order valence-electron chi connectivity index (χ1n) is 4.89. The van der Waals surface area contributed by atoms with Crippen LogP contribution in [0, 0.1) is 0 Å². The summed E-state index contributed by atoms with van der Waals surface area (Å²) in [7, 11) is 1.56. The minimum Gasteiger partial charge on any atom is -0.497 e. The van der Waals surface area contributed by atoms with Crippen LogP contribution in [0.3, 0.4) is 0 Å². The van der Waals surface area contributed by atoms with Crippen molar-refractivity contribution in [2.45, 2.75) is 0 Å². The zero-order chi connectivity index (χ0) is 13.1. The standard InChI is InChI=1S/C11H9BrN2O4/c1-17-6-2-3-7(12)8(4-6)13-11-14-9(5-18-11)10(15)16/h2-5H,1H3,(H,13,14)(H,15,16). The number of carboxylic acids is 1. The Morgan fingerprint density at radius 1 is 1.56 bits per heavy atom. The molecule has 2 rings (SSSR count). The van der Waals surface area contributed by atoms with Crippen LogP contribution in [0.5, 0.6) is 5.75 Å². The molecule has 2 N–H and O–H groups in total. The summed E-state index contributed by atoms with van der Waals surface area (Å²) in [5.41, 5.74) is 0.504. The van der Waals surface area contributed by atoms with Crippen LogP contribution in [0.2, 0.25) is 0 Å². The molecule has 7 heteroatoms. The molecule has 0 bridgehead atoms. The second kappa shape index (κ2) is 5.09. The third-order valence-electron chi connectivity index (χ3n) is 2.14. The Kier molecular flexibility index (Phi) is 3.52. The molecule has 1 aromatic heterocycles. The highest BCUT2D eigenvalue weighted by Crippen LogP contribution is 2.29. The van der Waals surface area contributed by atoms with Crippen molar-refractivity contribution in [3.05, 3.63) is 34.6 Å². The van der Waals surface area contributed by atoms with Gasteiger partial charge in [0.1, 0.15) is 12.0 Å². The molecule has 0 aliphatic heterocycles. The van der Waals surface area contributed by atoms with E-state index in [0.717, 1.165) is 10.7 Å². The zero-order valence-corrected chi connectivity index (χ0v) is 10.9. The van der Waals surface area contributed by atoms with Gasteiger partial charge in [0.05, 0.1) is 12.8 Å². The third-order valence-corrected chi connectivity index (χ3v) is 2.83. The summed E-state index contributed by atoms with van der Waals surface area (Å²) in [5, 5.41) is 11.6. The maximum atomic E-state index is 10.7. The van der Waals surface area contributed by atoms with Crippen molar-refractivity contribution >= 4 is 33.6 Å². The number of nitrogens with zero attached hydrogens (tertiary/aromatic N) is 1. The molecular formula is C11H9BrN2O4. The molecule has 6 nitrogen and oxygen atoms in total. The van der Waals surface area contributed by atoms with Crippen molar-refractivity contribution in [3.8, 4) is 5.75 Å². The van der Waals surface area contributed by atoms with Crippen molar-refractivity contribution in [1.82, 2.24) is 4.98 Å². The SMILES string of the molecule is COc1ccc(Br)c(Nc2nc(C(=O)O)co2)c1. The number of benzene rings is 1. The quantitative estimate of drug-likeness (QED) is 0.903. The van der Waals surface area contributed by atoms with Crippen LogP contribution >= 0.6 is 15.9 Å². The first-order chi connectivity index (χ1) is 8.60. The van der Waals surface area contributed by atoms with Gasteiger partial charge in [0.25, 0.3) is 6.01 Å². The van der Waals surface area contributed by atoms with E-state index in [9.17, 15) is 4.79 Å². The minimum absolute atomic E-state index is 0.0985. The van der Waals surface area contributed by atoms with Crippen molar-refractivity contribution in [2.24, 2.45) is 0 Å². The second-order valence-electron chi connectivity index (χ2n) is 3.31. The zero-order valence-electron chi connectivity index (χ0n) is 9.31. The summed E-state index contributed by atoms with van der Waals surface area (Å²) in [5.74, 6) is -0.484. The summed E-state index contributed by atoms with van der Waals surface area (Å²) in [6.45, 7) is 0. The minimum atomic E-state index is -1.14. The number of hydrogen-bond acceptors (Lipinski definition) is 5. The third kappa shape index (κ3) is 2.62. The van der Waals surface area contributed by atoms with E-state index in [0.29, 0.717) is 11.4 Å². The molecule has 0 radical (unpaired) electrons. The van der Waals surface area contributed by atoms with Crippen molar-refractivity contribution in [3.63, 3.8) is 0 Å². The van der Waals surface area contributed by atoms with Crippen LogP contribution in [0.25, 0.3) is 0 Å². The molecule has 2 aromatic rings. The lowest BCUT2D eigenvalue weighted by Crippen LogP contribution is -1.97. The van der Waals surface area contributed by atoms with Gasteiger partial charge >= 0.3 is 5.97 Å². The van der Waals surface area contributed by atoms with Gasteiger partial charge in [-0.15, -0.1) is 0 Å². The van der Waals surface area contributed by atoms with Gasteiger partial charge in [-0.25, -0.2) is 4.79 Å². The van der Waals surface area contributed by atoms with E-state index in [1.54, 1.807) is 25.3 Å². The maximum absolute atomic E-state index is 10.7. The fourth-order valence-electron chi connectivity index (χ4n) is 1.27. The lowest BCUT2D eigenvalue weighted by molar-refractivity contribution is 0.0690. The second-order valence-corrected chi connectivity index (χ2v) is 4.17. The first-order valence-corrected chi connectivity index (χ1v) is 5.69. The van der Waals surface area contributed by atoms with E-state index < -0.39 is 5.97 Å².